The molecule has 1 aromatic rings. The van der Waals surface area contributed by atoms with Crippen LogP contribution in [0, 0.1) is 0 Å². The van der Waals surface area contributed by atoms with E-state index in [9.17, 15) is 0 Å². The first-order valence-electron chi connectivity index (χ1n) is 8.21. The van der Waals surface area contributed by atoms with E-state index in [4.69, 9.17) is 0 Å². The zero-order valence-corrected chi connectivity index (χ0v) is 13.7. The van der Waals surface area contributed by atoms with E-state index >= 15 is 0 Å². The fourth-order valence-electron chi connectivity index (χ4n) is 2.47. The predicted octanol–water partition coefficient (Wildman–Crippen LogP) is 3.78. The van der Waals surface area contributed by atoms with Gasteiger partial charge in [-0.15, -0.1) is 0 Å². The minimum Gasteiger partial charge on any atom is -0.356 e. The topological polar surface area (TPSA) is 33.1 Å². The normalized spacial score (nSPS) is 12.8. The number of nitrogens with one attached hydrogen (secondary N) is 1. The third-order valence-corrected chi connectivity index (χ3v) is 3.95. The molecule has 1 aromatic heterocycles. The number of unbranched alkanes of at least 4 members (excludes halogenated alkanes) is 1. The van der Waals surface area contributed by atoms with Crippen molar-refractivity contribution >= 4 is 5.95 Å². The number of imidazole rings is 1. The predicted molar refractivity (Wildman–Crippen MR) is 87.4 cm³/mol. The molecule has 0 fully saturated rings. The summed E-state index contributed by atoms with van der Waals surface area (Å²) >= 11 is 0. The van der Waals surface area contributed by atoms with Crippen LogP contribution in [0.4, 0.5) is 5.95 Å². The van der Waals surface area contributed by atoms with Crippen molar-refractivity contribution in [2.75, 3.05) is 31.5 Å². The van der Waals surface area contributed by atoms with Gasteiger partial charge < -0.3 is 14.8 Å². The van der Waals surface area contributed by atoms with Crippen LogP contribution in [-0.2, 0) is 0 Å². The van der Waals surface area contributed by atoms with Gasteiger partial charge in [-0.1, -0.05) is 27.2 Å². The zero-order valence-electron chi connectivity index (χ0n) is 13.7. The highest BCUT2D eigenvalue weighted by atomic mass is 15.2. The summed E-state index contributed by atoms with van der Waals surface area (Å²) in [4.78, 5) is 6.91. The lowest BCUT2D eigenvalue weighted by atomic mass is 10.1. The van der Waals surface area contributed by atoms with E-state index in [1.54, 1.807) is 0 Å². The maximum absolute atomic E-state index is 4.43. The van der Waals surface area contributed by atoms with Gasteiger partial charge in [0.1, 0.15) is 0 Å². The molecule has 0 radical (unpaired) electrons. The summed E-state index contributed by atoms with van der Waals surface area (Å²) in [5.74, 6) is 1.02. The van der Waals surface area contributed by atoms with Crippen LogP contribution in [0.15, 0.2) is 12.4 Å². The summed E-state index contributed by atoms with van der Waals surface area (Å²) in [6.45, 7) is 13.5. The van der Waals surface area contributed by atoms with E-state index in [0.29, 0.717) is 6.04 Å². The molecule has 1 atom stereocenters. The van der Waals surface area contributed by atoms with Crippen molar-refractivity contribution in [1.29, 1.82) is 0 Å². The van der Waals surface area contributed by atoms with Crippen LogP contribution in [0.1, 0.15) is 59.4 Å². The Balaban J connectivity index is 2.39. The Hall–Kier alpha value is -1.03. The first-order chi connectivity index (χ1) is 9.72. The fraction of sp³-hybridized carbons (Fsp3) is 0.812. The van der Waals surface area contributed by atoms with Gasteiger partial charge in [-0.05, 0) is 45.8 Å². The van der Waals surface area contributed by atoms with Crippen LogP contribution < -0.4 is 5.32 Å². The monoisotopic (exact) mass is 280 g/mol. The lowest BCUT2D eigenvalue weighted by Crippen LogP contribution is -2.24. The summed E-state index contributed by atoms with van der Waals surface area (Å²) < 4.78 is 2.28. The number of hydrogen-bond acceptors (Lipinski definition) is 3. The Morgan fingerprint density at radius 2 is 2.00 bits per heavy atom. The number of hydrogen-bond donors (Lipinski definition) is 1. The minimum absolute atomic E-state index is 0.511. The molecule has 0 bridgehead atoms. The van der Waals surface area contributed by atoms with Gasteiger partial charge in [-0.25, -0.2) is 4.98 Å². The number of anilines is 1. The first-order valence-corrected chi connectivity index (χ1v) is 8.21. The number of aromatic nitrogens is 2. The smallest absolute Gasteiger partial charge is 0.203 e. The van der Waals surface area contributed by atoms with E-state index in [1.165, 1.54) is 32.2 Å². The molecule has 4 heteroatoms. The van der Waals surface area contributed by atoms with Gasteiger partial charge in [0.25, 0.3) is 0 Å². The first kappa shape index (κ1) is 17.0. The summed E-state index contributed by atoms with van der Waals surface area (Å²) in [5, 5.41) is 3.44. The van der Waals surface area contributed by atoms with Gasteiger partial charge >= 0.3 is 0 Å². The van der Waals surface area contributed by atoms with Crippen molar-refractivity contribution in [3.05, 3.63) is 12.4 Å². The van der Waals surface area contributed by atoms with Crippen LogP contribution in [0.5, 0.6) is 0 Å². The maximum Gasteiger partial charge on any atom is 0.203 e. The summed E-state index contributed by atoms with van der Waals surface area (Å²) in [5.41, 5.74) is 0. The van der Waals surface area contributed by atoms with E-state index in [1.807, 2.05) is 6.20 Å². The molecule has 0 saturated carbocycles. The van der Waals surface area contributed by atoms with Gasteiger partial charge in [0.05, 0.1) is 0 Å². The summed E-state index contributed by atoms with van der Waals surface area (Å²) in [6.07, 6.45) is 8.85. The number of rotatable bonds is 11. The SMILES string of the molecule is CCCCNc1nccn1C(C)CCCN(CC)CC. The van der Waals surface area contributed by atoms with E-state index in [2.05, 4.69) is 53.7 Å². The second kappa shape index (κ2) is 9.81. The van der Waals surface area contributed by atoms with E-state index in [-0.39, 0.29) is 0 Å². The molecule has 0 aromatic carbocycles. The van der Waals surface area contributed by atoms with Crippen molar-refractivity contribution in [1.82, 2.24) is 14.5 Å². The van der Waals surface area contributed by atoms with Crippen molar-refractivity contribution < 1.29 is 0 Å². The Bertz CT molecular complexity index is 344. The summed E-state index contributed by atoms with van der Waals surface area (Å²) in [6, 6.07) is 0.511. The molecule has 116 valence electrons. The summed E-state index contributed by atoms with van der Waals surface area (Å²) in [7, 11) is 0. The molecule has 0 amide bonds. The molecule has 0 saturated heterocycles. The second-order valence-corrected chi connectivity index (χ2v) is 5.46. The molecule has 4 nitrogen and oxygen atoms in total. The number of nitrogens with zero attached hydrogens (tertiary/aromatic N) is 3. The van der Waals surface area contributed by atoms with Crippen molar-refractivity contribution in [2.24, 2.45) is 0 Å². The Morgan fingerprint density at radius 3 is 2.65 bits per heavy atom. The molecular weight excluding hydrogens is 248 g/mol. The molecule has 0 aliphatic heterocycles. The van der Waals surface area contributed by atoms with Crippen LogP contribution in [0.3, 0.4) is 0 Å². The molecular formula is C16H32N4. The van der Waals surface area contributed by atoms with Crippen LogP contribution in [0.25, 0.3) is 0 Å². The van der Waals surface area contributed by atoms with Gasteiger partial charge in [0.15, 0.2) is 0 Å². The fourth-order valence-corrected chi connectivity index (χ4v) is 2.47. The Kier molecular flexibility index (Phi) is 8.35. The molecule has 1 N–H and O–H groups in total. The lowest BCUT2D eigenvalue weighted by molar-refractivity contribution is 0.288. The average Bonchev–Trinajstić information content (AvgIpc) is 2.92. The average molecular weight is 280 g/mol. The standard InChI is InChI=1S/C16H32N4/c1-5-8-11-17-16-18-12-14-20(16)15(4)10-9-13-19(6-2)7-3/h12,14-15H,5-11,13H2,1-4H3,(H,17,18). The second-order valence-electron chi connectivity index (χ2n) is 5.46. The van der Waals surface area contributed by atoms with Crippen LogP contribution in [0.2, 0.25) is 0 Å². The maximum atomic E-state index is 4.43. The van der Waals surface area contributed by atoms with Gasteiger partial charge in [0, 0.05) is 25.0 Å². The molecule has 0 aliphatic carbocycles. The largest absolute Gasteiger partial charge is 0.356 e. The van der Waals surface area contributed by atoms with E-state index in [0.717, 1.165) is 25.6 Å². The Morgan fingerprint density at radius 1 is 1.25 bits per heavy atom. The molecule has 20 heavy (non-hydrogen) atoms. The zero-order chi connectivity index (χ0) is 14.8. The van der Waals surface area contributed by atoms with E-state index < -0.39 is 0 Å². The highest BCUT2D eigenvalue weighted by Crippen LogP contribution is 2.18. The highest BCUT2D eigenvalue weighted by molar-refractivity contribution is 5.26. The molecule has 0 spiro atoms. The molecule has 1 unspecified atom stereocenters. The third kappa shape index (κ3) is 5.53. The van der Waals surface area contributed by atoms with Crippen molar-refractivity contribution in [2.45, 2.75) is 59.4 Å². The lowest BCUT2D eigenvalue weighted by Gasteiger charge is -2.21. The van der Waals surface area contributed by atoms with Crippen LogP contribution in [-0.4, -0.2) is 40.6 Å². The van der Waals surface area contributed by atoms with Gasteiger partial charge in [0.2, 0.25) is 5.95 Å². The van der Waals surface area contributed by atoms with Gasteiger partial charge in [-0.3, -0.25) is 0 Å². The minimum atomic E-state index is 0.511. The van der Waals surface area contributed by atoms with Crippen molar-refractivity contribution in [3.8, 4) is 0 Å². The Labute approximate surface area is 124 Å². The molecule has 0 aliphatic rings. The van der Waals surface area contributed by atoms with Crippen molar-refractivity contribution in [3.63, 3.8) is 0 Å². The highest BCUT2D eigenvalue weighted by Gasteiger charge is 2.10. The molecule has 1 heterocycles. The van der Waals surface area contributed by atoms with Gasteiger partial charge in [-0.2, -0.15) is 0 Å². The molecule has 1 rings (SSSR count). The quantitative estimate of drug-likeness (QED) is 0.626. The third-order valence-electron chi connectivity index (χ3n) is 3.95. The van der Waals surface area contributed by atoms with Crippen LogP contribution >= 0.6 is 0 Å².